The van der Waals surface area contributed by atoms with Crippen molar-refractivity contribution in [2.45, 2.75) is 182 Å². The smallest absolute Gasteiger partial charge is 0.267 e. The number of aryl methyl sites for hydroxylation is 1. The molecule has 0 saturated heterocycles. The van der Waals surface area contributed by atoms with E-state index < -0.39 is 7.82 Å². The van der Waals surface area contributed by atoms with Crippen molar-refractivity contribution in [3.63, 3.8) is 0 Å². The molecule has 0 amide bonds. The number of phosphoric acid groups is 1. The highest BCUT2D eigenvalue weighted by Gasteiger charge is 2.08. The summed E-state index contributed by atoms with van der Waals surface area (Å²) >= 11 is 0. The molecule has 0 fully saturated rings. The minimum absolute atomic E-state index is 0.242. The number of phosphoric ester groups is 1. The van der Waals surface area contributed by atoms with E-state index in [9.17, 15) is 9.46 Å². The zero-order chi connectivity index (χ0) is 31.9. The second kappa shape index (κ2) is 31.3. The molecule has 0 bridgehead atoms. The first-order valence-electron chi connectivity index (χ1n) is 18.3. The maximum Gasteiger partial charge on any atom is 0.267 e. The zero-order valence-corrected chi connectivity index (χ0v) is 30.1. The van der Waals surface area contributed by atoms with Gasteiger partial charge in [0.05, 0.1) is 13.2 Å². The molecule has 1 rings (SSSR count). The minimum atomic E-state index is -4.08. The van der Waals surface area contributed by atoms with Crippen LogP contribution in [0.5, 0.6) is 0 Å². The molecule has 0 aromatic carbocycles. The van der Waals surface area contributed by atoms with Gasteiger partial charge in [0.15, 0.2) is 12.4 Å². The molecule has 1 aromatic heterocycles. The van der Waals surface area contributed by atoms with E-state index in [-0.39, 0.29) is 13.2 Å². The average molecular weight is 626 g/mol. The molecular weight excluding hydrogens is 553 g/mol. The predicted octanol–water partition coefficient (Wildman–Crippen LogP) is 11.4. The van der Waals surface area contributed by atoms with Crippen molar-refractivity contribution in [3.8, 4) is 0 Å². The normalized spacial score (nSPS) is 11.7. The Bertz CT molecular complexity index is 705. The quantitative estimate of drug-likeness (QED) is 0.0505. The van der Waals surface area contributed by atoms with E-state index >= 15 is 0 Å². The summed E-state index contributed by atoms with van der Waals surface area (Å²) in [5.74, 6) is 1.41. The maximum absolute atomic E-state index is 11.5. The van der Waals surface area contributed by atoms with E-state index in [0.717, 1.165) is 38.5 Å². The Morgan fingerprint density at radius 1 is 0.558 bits per heavy atom. The van der Waals surface area contributed by atoms with E-state index in [1.807, 2.05) is 0 Å². The first kappa shape index (κ1) is 42.3. The topological polar surface area (TPSA) is 62.5 Å². The van der Waals surface area contributed by atoms with Gasteiger partial charge in [0.2, 0.25) is 0 Å². The summed E-state index contributed by atoms with van der Waals surface area (Å²) in [5.41, 5.74) is 0. The van der Waals surface area contributed by atoms with Gasteiger partial charge in [-0.2, -0.15) is 0 Å². The third-order valence-corrected chi connectivity index (χ3v) is 8.90. The van der Waals surface area contributed by atoms with E-state index in [0.29, 0.717) is 11.8 Å². The predicted molar refractivity (Wildman–Crippen MR) is 183 cm³/mol. The second-order valence-corrected chi connectivity index (χ2v) is 14.7. The monoisotopic (exact) mass is 626 g/mol. The SMILES string of the molecule is CC(C)CCCCCOP(=O)([O-])OCCCCCC(C)C.CCCCCCCCCCCCCCCC[n+]1ccccc1. The lowest BCUT2D eigenvalue weighted by Gasteiger charge is -2.22. The molecule has 0 unspecified atom stereocenters. The van der Waals surface area contributed by atoms with Crippen LogP contribution in [0.15, 0.2) is 30.6 Å². The van der Waals surface area contributed by atoms with Crippen LogP contribution in [0.2, 0.25) is 0 Å². The lowest BCUT2D eigenvalue weighted by molar-refractivity contribution is -0.697. The van der Waals surface area contributed by atoms with Gasteiger partial charge in [0.1, 0.15) is 6.54 Å². The number of pyridine rings is 1. The molecule has 0 N–H and O–H groups in total. The van der Waals surface area contributed by atoms with Crippen LogP contribution in [0, 0.1) is 11.8 Å². The van der Waals surface area contributed by atoms with Gasteiger partial charge in [-0.25, -0.2) is 4.57 Å². The van der Waals surface area contributed by atoms with Gasteiger partial charge in [0.25, 0.3) is 7.82 Å². The van der Waals surface area contributed by atoms with Crippen LogP contribution in [-0.2, 0) is 20.2 Å². The van der Waals surface area contributed by atoms with Gasteiger partial charge < -0.3 is 13.9 Å². The Morgan fingerprint density at radius 2 is 0.930 bits per heavy atom. The highest BCUT2D eigenvalue weighted by atomic mass is 31.2. The van der Waals surface area contributed by atoms with Gasteiger partial charge in [0, 0.05) is 18.6 Å². The van der Waals surface area contributed by atoms with Crippen molar-refractivity contribution < 1.29 is 23.1 Å². The molecule has 0 aliphatic carbocycles. The summed E-state index contributed by atoms with van der Waals surface area (Å²) in [5, 5.41) is 0. The summed E-state index contributed by atoms with van der Waals surface area (Å²) in [6.45, 7) is 12.7. The number of hydrogen-bond acceptors (Lipinski definition) is 4. The third-order valence-electron chi connectivity index (χ3n) is 7.90. The molecule has 1 heterocycles. The lowest BCUT2D eigenvalue weighted by atomic mass is 10.0. The van der Waals surface area contributed by atoms with Crippen LogP contribution >= 0.6 is 7.82 Å². The molecule has 0 radical (unpaired) electrons. The van der Waals surface area contributed by atoms with Crippen molar-refractivity contribution in [1.29, 1.82) is 0 Å². The Kier molecular flexibility index (Phi) is 30.7. The molecule has 43 heavy (non-hydrogen) atoms. The van der Waals surface area contributed by atoms with E-state index in [1.54, 1.807) is 0 Å². The van der Waals surface area contributed by atoms with Crippen LogP contribution in [0.1, 0.15) is 176 Å². The summed E-state index contributed by atoms with van der Waals surface area (Å²) in [4.78, 5) is 11.5. The van der Waals surface area contributed by atoms with Crippen LogP contribution in [0.3, 0.4) is 0 Å². The molecule has 0 aliphatic heterocycles. The van der Waals surface area contributed by atoms with Crippen molar-refractivity contribution in [2.75, 3.05) is 13.2 Å². The first-order valence-corrected chi connectivity index (χ1v) is 19.8. The standard InChI is InChI=1S/C21H38N.C16H35O4P/c1-2-3-4-5-6-7-8-9-10-11-12-13-14-16-19-22-20-17-15-18-21-22;1-15(2)11-7-5-9-13-19-21(17,18)20-14-10-6-8-12-16(3)4/h15,17-18,20-21H,2-14,16,19H2,1H3;15-16H,5-14H2,1-4H3,(H,17,18)/q+1;/p-1. The minimum Gasteiger partial charge on any atom is -0.756 e. The van der Waals surface area contributed by atoms with E-state index in [2.05, 4.69) is 69.8 Å². The molecule has 1 aromatic rings. The first-order chi connectivity index (χ1) is 20.8. The Balaban J connectivity index is 0.000000822. The highest BCUT2D eigenvalue weighted by molar-refractivity contribution is 7.45. The van der Waals surface area contributed by atoms with Crippen LogP contribution in [0.25, 0.3) is 0 Å². The Morgan fingerprint density at radius 3 is 1.33 bits per heavy atom. The number of hydrogen-bond donors (Lipinski definition) is 0. The lowest BCUT2D eigenvalue weighted by Crippen LogP contribution is -2.32. The van der Waals surface area contributed by atoms with Crippen molar-refractivity contribution in [3.05, 3.63) is 30.6 Å². The van der Waals surface area contributed by atoms with E-state index in [4.69, 9.17) is 9.05 Å². The molecule has 6 heteroatoms. The zero-order valence-electron chi connectivity index (χ0n) is 29.2. The molecule has 0 saturated carbocycles. The van der Waals surface area contributed by atoms with E-state index in [1.165, 1.54) is 109 Å². The summed E-state index contributed by atoms with van der Waals surface area (Å²) in [6, 6.07) is 6.31. The van der Waals surface area contributed by atoms with Crippen LogP contribution in [0.4, 0.5) is 0 Å². The van der Waals surface area contributed by atoms with Gasteiger partial charge in [-0.05, 0) is 31.1 Å². The molecule has 0 aliphatic rings. The summed E-state index contributed by atoms with van der Waals surface area (Å²) < 4.78 is 23.5. The van der Waals surface area contributed by atoms with Crippen molar-refractivity contribution in [1.82, 2.24) is 0 Å². The van der Waals surface area contributed by atoms with Crippen LogP contribution in [-0.4, -0.2) is 13.2 Å². The number of aromatic nitrogens is 1. The third kappa shape index (κ3) is 34.0. The van der Waals surface area contributed by atoms with Crippen LogP contribution < -0.4 is 9.46 Å². The highest BCUT2D eigenvalue weighted by Crippen LogP contribution is 2.38. The maximum atomic E-state index is 11.5. The fraction of sp³-hybridized carbons (Fsp3) is 0.865. The van der Waals surface area contributed by atoms with Gasteiger partial charge in [-0.15, -0.1) is 0 Å². The van der Waals surface area contributed by atoms with Gasteiger partial charge in [-0.3, -0.25) is 4.57 Å². The summed E-state index contributed by atoms with van der Waals surface area (Å²) in [6.07, 6.45) is 32.6. The van der Waals surface area contributed by atoms with Gasteiger partial charge in [-0.1, -0.05) is 156 Å². The number of nitrogens with zero attached hydrogens (tertiary/aromatic N) is 1. The molecule has 254 valence electrons. The number of rotatable bonds is 29. The molecule has 0 spiro atoms. The van der Waals surface area contributed by atoms with Crippen molar-refractivity contribution in [2.24, 2.45) is 11.8 Å². The second-order valence-electron chi connectivity index (χ2n) is 13.3. The fourth-order valence-electron chi connectivity index (χ4n) is 5.13. The fourth-order valence-corrected chi connectivity index (χ4v) is 5.91. The molecule has 0 atom stereocenters. The Hall–Kier alpha value is -0.740. The average Bonchev–Trinajstić information content (AvgIpc) is 2.97. The largest absolute Gasteiger partial charge is 0.756 e. The molecule has 5 nitrogen and oxygen atoms in total. The summed E-state index contributed by atoms with van der Waals surface area (Å²) in [7, 11) is -4.08. The number of unbranched alkanes of at least 4 members (excludes halogenated alkanes) is 17. The Labute approximate surface area is 268 Å². The molecular formula is C37H72NO4P. The van der Waals surface area contributed by atoms with Gasteiger partial charge >= 0.3 is 0 Å². The van der Waals surface area contributed by atoms with Crippen molar-refractivity contribution >= 4 is 7.82 Å².